The van der Waals surface area contributed by atoms with Crippen molar-refractivity contribution in [2.24, 2.45) is 4.99 Å². The van der Waals surface area contributed by atoms with E-state index in [1.54, 1.807) is 0 Å². The number of allylic oxidation sites excluding steroid dienone is 1. The highest BCUT2D eigenvalue weighted by Crippen LogP contribution is 2.00. The molecule has 0 atom stereocenters. The van der Waals surface area contributed by atoms with Gasteiger partial charge in [0.05, 0.1) is 6.54 Å². The van der Waals surface area contributed by atoms with E-state index >= 15 is 0 Å². The Labute approximate surface area is 102 Å². The van der Waals surface area contributed by atoms with Crippen LogP contribution in [0.3, 0.4) is 0 Å². The Morgan fingerprint density at radius 2 is 1.41 bits per heavy atom. The third-order valence-electron chi connectivity index (χ3n) is 2.47. The Morgan fingerprint density at radius 1 is 0.824 bits per heavy atom. The molecule has 0 amide bonds. The summed E-state index contributed by atoms with van der Waals surface area (Å²) in [6.45, 7) is 0.701. The third kappa shape index (κ3) is 4.10. The molecule has 0 bridgehead atoms. The quantitative estimate of drug-likeness (QED) is 0.699. The van der Waals surface area contributed by atoms with Crippen LogP contribution < -0.4 is 0 Å². The highest BCUT2D eigenvalue weighted by atomic mass is 14.7. The zero-order chi connectivity index (χ0) is 11.8. The van der Waals surface area contributed by atoms with Gasteiger partial charge in [-0.3, -0.25) is 0 Å². The van der Waals surface area contributed by atoms with Gasteiger partial charge in [0.15, 0.2) is 0 Å². The first-order valence-corrected chi connectivity index (χ1v) is 5.77. The van der Waals surface area contributed by atoms with Gasteiger partial charge >= 0.3 is 0 Å². The first-order chi connectivity index (χ1) is 8.45. The Morgan fingerprint density at radius 3 is 2.06 bits per heavy atom. The summed E-state index contributed by atoms with van der Waals surface area (Å²) in [5.74, 6) is 2.98. The van der Waals surface area contributed by atoms with Gasteiger partial charge in [-0.05, 0) is 29.5 Å². The van der Waals surface area contributed by atoms with E-state index in [1.807, 2.05) is 42.5 Å². The van der Waals surface area contributed by atoms with Crippen LogP contribution in [0, 0.1) is 0 Å². The molecule has 0 aromatic heterocycles. The lowest BCUT2D eigenvalue weighted by molar-refractivity contribution is 1.08. The van der Waals surface area contributed by atoms with Crippen molar-refractivity contribution in [2.45, 2.75) is 13.0 Å². The smallest absolute Gasteiger partial charge is 0.0734 e. The summed E-state index contributed by atoms with van der Waals surface area (Å²) in [7, 11) is 0. The predicted molar refractivity (Wildman–Crippen MR) is 72.3 cm³/mol. The Balaban J connectivity index is 1.85. The molecule has 0 saturated heterocycles. The van der Waals surface area contributed by atoms with Gasteiger partial charge in [-0.2, -0.15) is 0 Å². The standard InChI is InChI=1S/C16H15N/c1-3-8-15(9-4-1)12-7-13-17-14-16-10-5-2-6-11-16/h1-11H,12,14H2. The summed E-state index contributed by atoms with van der Waals surface area (Å²) < 4.78 is 0. The van der Waals surface area contributed by atoms with Crippen molar-refractivity contribution in [1.82, 2.24) is 0 Å². The number of rotatable bonds is 4. The minimum Gasteiger partial charge on any atom is -0.239 e. The van der Waals surface area contributed by atoms with Crippen molar-refractivity contribution in [3.8, 4) is 0 Å². The van der Waals surface area contributed by atoms with Crippen LogP contribution >= 0.6 is 0 Å². The fraction of sp³-hybridized carbons (Fsp3) is 0.125. The first kappa shape index (κ1) is 11.4. The fourth-order valence-electron chi connectivity index (χ4n) is 1.56. The van der Waals surface area contributed by atoms with Crippen LogP contribution in [0.1, 0.15) is 11.1 Å². The normalized spacial score (nSPS) is 9.41. The molecular formula is C16H15N. The summed E-state index contributed by atoms with van der Waals surface area (Å²) in [5, 5.41) is 0. The molecule has 1 heteroatoms. The van der Waals surface area contributed by atoms with E-state index in [-0.39, 0.29) is 0 Å². The SMILES string of the molecule is C(=CCc1ccccc1)=NCc1ccccc1. The molecule has 0 unspecified atom stereocenters. The summed E-state index contributed by atoms with van der Waals surface area (Å²) in [6, 6.07) is 20.5. The van der Waals surface area contributed by atoms with Crippen molar-refractivity contribution in [2.75, 3.05) is 0 Å². The van der Waals surface area contributed by atoms with Gasteiger partial charge in [0, 0.05) is 0 Å². The van der Waals surface area contributed by atoms with Crippen LogP contribution in [-0.4, -0.2) is 5.87 Å². The lowest BCUT2D eigenvalue weighted by Gasteiger charge is -1.92. The molecule has 0 aliphatic rings. The molecule has 0 N–H and O–H groups in total. The zero-order valence-corrected chi connectivity index (χ0v) is 9.71. The minimum atomic E-state index is 0.701. The maximum atomic E-state index is 4.25. The number of benzene rings is 2. The van der Waals surface area contributed by atoms with E-state index < -0.39 is 0 Å². The molecule has 1 nitrogen and oxygen atoms in total. The molecule has 2 aromatic carbocycles. The summed E-state index contributed by atoms with van der Waals surface area (Å²) in [4.78, 5) is 4.25. The van der Waals surface area contributed by atoms with Gasteiger partial charge in [0.25, 0.3) is 0 Å². The molecule has 2 rings (SSSR count). The van der Waals surface area contributed by atoms with Gasteiger partial charge in [0.2, 0.25) is 0 Å². The fourth-order valence-corrected chi connectivity index (χ4v) is 1.56. The van der Waals surface area contributed by atoms with E-state index in [4.69, 9.17) is 0 Å². The number of aliphatic imine (C=N–C) groups is 1. The zero-order valence-electron chi connectivity index (χ0n) is 9.71. The highest BCUT2D eigenvalue weighted by molar-refractivity contribution is 5.52. The molecule has 0 radical (unpaired) electrons. The second-order valence-electron chi connectivity index (χ2n) is 3.82. The monoisotopic (exact) mass is 221 g/mol. The molecule has 0 aliphatic carbocycles. The summed E-state index contributed by atoms with van der Waals surface area (Å²) >= 11 is 0. The van der Waals surface area contributed by atoms with Crippen LogP contribution in [0.5, 0.6) is 0 Å². The van der Waals surface area contributed by atoms with E-state index in [1.165, 1.54) is 11.1 Å². The molecule has 0 fully saturated rings. The first-order valence-electron chi connectivity index (χ1n) is 5.77. The highest BCUT2D eigenvalue weighted by Gasteiger charge is 1.86. The maximum Gasteiger partial charge on any atom is 0.0734 e. The van der Waals surface area contributed by atoms with E-state index in [2.05, 4.69) is 35.1 Å². The predicted octanol–water partition coefficient (Wildman–Crippen LogP) is 3.66. The van der Waals surface area contributed by atoms with Crippen LogP contribution in [0.15, 0.2) is 71.7 Å². The van der Waals surface area contributed by atoms with Crippen molar-refractivity contribution in [1.29, 1.82) is 0 Å². The van der Waals surface area contributed by atoms with Crippen LogP contribution in [0.25, 0.3) is 0 Å². The molecular weight excluding hydrogens is 206 g/mol. The van der Waals surface area contributed by atoms with Crippen LogP contribution in [0.2, 0.25) is 0 Å². The molecule has 17 heavy (non-hydrogen) atoms. The van der Waals surface area contributed by atoms with Crippen molar-refractivity contribution < 1.29 is 0 Å². The number of hydrogen-bond donors (Lipinski definition) is 0. The molecule has 0 spiro atoms. The molecule has 84 valence electrons. The van der Waals surface area contributed by atoms with Gasteiger partial charge in [-0.25, -0.2) is 4.99 Å². The van der Waals surface area contributed by atoms with Gasteiger partial charge in [-0.15, -0.1) is 0 Å². The average molecular weight is 221 g/mol. The van der Waals surface area contributed by atoms with Crippen molar-refractivity contribution in [3.05, 3.63) is 77.9 Å². The van der Waals surface area contributed by atoms with Gasteiger partial charge < -0.3 is 0 Å². The molecule has 0 saturated carbocycles. The Bertz CT molecular complexity index is 448. The average Bonchev–Trinajstić information content (AvgIpc) is 2.41. The van der Waals surface area contributed by atoms with E-state index in [0.29, 0.717) is 6.54 Å². The minimum absolute atomic E-state index is 0.701. The second kappa shape index (κ2) is 6.47. The maximum absolute atomic E-state index is 4.25. The molecule has 0 heterocycles. The van der Waals surface area contributed by atoms with E-state index in [0.717, 1.165) is 6.42 Å². The molecule has 2 aromatic rings. The Kier molecular flexibility index (Phi) is 4.33. The third-order valence-corrected chi connectivity index (χ3v) is 2.47. The largest absolute Gasteiger partial charge is 0.239 e. The second-order valence-corrected chi connectivity index (χ2v) is 3.82. The summed E-state index contributed by atoms with van der Waals surface area (Å²) in [5.41, 5.74) is 2.50. The van der Waals surface area contributed by atoms with Gasteiger partial charge in [-0.1, -0.05) is 60.7 Å². The molecule has 0 aliphatic heterocycles. The van der Waals surface area contributed by atoms with Crippen molar-refractivity contribution in [3.63, 3.8) is 0 Å². The number of nitrogens with zero attached hydrogens (tertiary/aromatic N) is 1. The lowest BCUT2D eigenvalue weighted by atomic mass is 10.2. The topological polar surface area (TPSA) is 12.4 Å². The summed E-state index contributed by atoms with van der Waals surface area (Å²) in [6.07, 6.45) is 2.86. The van der Waals surface area contributed by atoms with Gasteiger partial charge in [0.1, 0.15) is 0 Å². The Hall–Kier alpha value is -2.11. The number of hydrogen-bond acceptors (Lipinski definition) is 1. The van der Waals surface area contributed by atoms with Crippen LogP contribution in [0.4, 0.5) is 0 Å². The van der Waals surface area contributed by atoms with Crippen LogP contribution in [-0.2, 0) is 13.0 Å². The van der Waals surface area contributed by atoms with E-state index in [9.17, 15) is 0 Å². The lowest BCUT2D eigenvalue weighted by Crippen LogP contribution is -1.80. The van der Waals surface area contributed by atoms with Crippen molar-refractivity contribution >= 4 is 5.87 Å².